The molecule has 8 nitrogen and oxygen atoms in total. The molecule has 4 rings (SSSR count). The number of benzene rings is 1. The molecule has 2 N–H and O–H groups in total. The highest BCUT2D eigenvalue weighted by Crippen LogP contribution is 2.31. The van der Waals surface area contributed by atoms with E-state index in [4.69, 9.17) is 10.5 Å². The molecular weight excluding hydrogens is 397 g/mol. The Labute approximate surface area is 179 Å². The molecule has 0 fully saturated rings. The van der Waals surface area contributed by atoms with Crippen molar-refractivity contribution in [1.82, 2.24) is 29.9 Å². The molecule has 0 aliphatic heterocycles. The SMILES string of the molecule is COCc1cccc(Cn2cc(-c3nc(N)nc(-c4cccc(C)c4C)c3F)nn2)n1. The highest BCUT2D eigenvalue weighted by Gasteiger charge is 2.20. The van der Waals surface area contributed by atoms with E-state index < -0.39 is 5.82 Å². The summed E-state index contributed by atoms with van der Waals surface area (Å²) in [6, 6.07) is 11.3. The Morgan fingerprint density at radius 2 is 1.74 bits per heavy atom. The quantitative estimate of drug-likeness (QED) is 0.511. The number of hydrogen-bond acceptors (Lipinski definition) is 7. The third-order valence-electron chi connectivity index (χ3n) is 4.99. The van der Waals surface area contributed by atoms with Crippen molar-refractivity contribution >= 4 is 5.95 Å². The van der Waals surface area contributed by atoms with Gasteiger partial charge in [0.1, 0.15) is 17.1 Å². The van der Waals surface area contributed by atoms with Crippen LogP contribution in [-0.4, -0.2) is 37.1 Å². The van der Waals surface area contributed by atoms with Gasteiger partial charge in [-0.05, 0) is 37.1 Å². The first-order chi connectivity index (χ1) is 15.0. The summed E-state index contributed by atoms with van der Waals surface area (Å²) in [4.78, 5) is 12.7. The molecule has 0 unspecified atom stereocenters. The number of nitrogen functional groups attached to an aromatic ring is 1. The molecule has 158 valence electrons. The number of methoxy groups -OCH3 is 1. The molecule has 3 heterocycles. The minimum atomic E-state index is -0.588. The number of hydrogen-bond donors (Lipinski definition) is 1. The van der Waals surface area contributed by atoms with E-state index in [9.17, 15) is 0 Å². The van der Waals surface area contributed by atoms with Crippen LogP contribution in [0.2, 0.25) is 0 Å². The summed E-state index contributed by atoms with van der Waals surface area (Å²) in [5.41, 5.74) is 10.5. The number of ether oxygens (including phenoxy) is 1. The summed E-state index contributed by atoms with van der Waals surface area (Å²) in [6.07, 6.45) is 1.61. The number of aromatic nitrogens is 6. The van der Waals surface area contributed by atoms with Gasteiger partial charge in [0.25, 0.3) is 0 Å². The number of halogens is 1. The lowest BCUT2D eigenvalue weighted by Gasteiger charge is -2.11. The van der Waals surface area contributed by atoms with Crippen LogP contribution in [0.5, 0.6) is 0 Å². The first kappa shape index (κ1) is 20.5. The molecule has 3 aromatic heterocycles. The Morgan fingerprint density at radius 3 is 2.55 bits per heavy atom. The molecule has 0 bridgehead atoms. The molecule has 1 aromatic carbocycles. The van der Waals surface area contributed by atoms with Gasteiger partial charge >= 0.3 is 0 Å². The maximum absolute atomic E-state index is 15.4. The van der Waals surface area contributed by atoms with Gasteiger partial charge < -0.3 is 10.5 Å². The Bertz CT molecular complexity index is 1240. The van der Waals surface area contributed by atoms with Gasteiger partial charge in [-0.2, -0.15) is 0 Å². The minimum Gasteiger partial charge on any atom is -0.378 e. The van der Waals surface area contributed by atoms with E-state index >= 15 is 4.39 Å². The summed E-state index contributed by atoms with van der Waals surface area (Å²) >= 11 is 0. The van der Waals surface area contributed by atoms with Crippen LogP contribution >= 0.6 is 0 Å². The lowest BCUT2D eigenvalue weighted by atomic mass is 10.00. The number of nitrogens with zero attached hydrogens (tertiary/aromatic N) is 6. The van der Waals surface area contributed by atoms with Crippen molar-refractivity contribution in [2.75, 3.05) is 12.8 Å². The topological polar surface area (TPSA) is 105 Å². The predicted octanol–water partition coefficient (Wildman–Crippen LogP) is 3.33. The van der Waals surface area contributed by atoms with E-state index in [0.717, 1.165) is 22.5 Å². The summed E-state index contributed by atoms with van der Waals surface area (Å²) < 4.78 is 22.1. The summed E-state index contributed by atoms with van der Waals surface area (Å²) in [5, 5.41) is 8.19. The van der Waals surface area contributed by atoms with Crippen molar-refractivity contribution in [2.45, 2.75) is 27.0 Å². The number of rotatable bonds is 6. The van der Waals surface area contributed by atoms with Crippen LogP contribution in [0.4, 0.5) is 10.3 Å². The molecule has 0 saturated heterocycles. The Kier molecular flexibility index (Phi) is 5.68. The van der Waals surface area contributed by atoms with Crippen LogP contribution < -0.4 is 5.73 Å². The predicted molar refractivity (Wildman–Crippen MR) is 114 cm³/mol. The van der Waals surface area contributed by atoms with Gasteiger partial charge in [-0.1, -0.05) is 29.5 Å². The second-order valence-electron chi connectivity index (χ2n) is 7.20. The number of pyridine rings is 1. The summed E-state index contributed by atoms with van der Waals surface area (Å²) in [7, 11) is 1.62. The van der Waals surface area contributed by atoms with Gasteiger partial charge in [-0.25, -0.2) is 19.0 Å². The van der Waals surface area contributed by atoms with E-state index in [0.29, 0.717) is 18.7 Å². The molecule has 0 saturated carbocycles. The maximum Gasteiger partial charge on any atom is 0.221 e. The molecule has 0 aliphatic carbocycles. The summed E-state index contributed by atoms with van der Waals surface area (Å²) in [5.74, 6) is -0.619. The van der Waals surface area contributed by atoms with Crippen LogP contribution in [0.1, 0.15) is 22.5 Å². The van der Waals surface area contributed by atoms with Crippen molar-refractivity contribution in [1.29, 1.82) is 0 Å². The normalized spacial score (nSPS) is 11.1. The van der Waals surface area contributed by atoms with Crippen LogP contribution in [-0.2, 0) is 17.9 Å². The van der Waals surface area contributed by atoms with E-state index in [-0.39, 0.29) is 23.0 Å². The average Bonchev–Trinajstić information content (AvgIpc) is 3.20. The average molecular weight is 419 g/mol. The fraction of sp³-hybridized carbons (Fsp3) is 0.227. The highest BCUT2D eigenvalue weighted by molar-refractivity contribution is 5.71. The molecule has 0 atom stereocenters. The standard InChI is InChI=1S/C22H22FN7O/c1-13-6-4-9-17(14(13)2)20-19(23)21(27-22(24)26-20)18-11-30(29-28-18)10-15-7-5-8-16(25-15)12-31-3/h4-9,11H,10,12H2,1-3H3,(H2,24,26,27). The van der Waals surface area contributed by atoms with Crippen LogP contribution in [0, 0.1) is 19.7 Å². The molecule has 31 heavy (non-hydrogen) atoms. The van der Waals surface area contributed by atoms with Crippen LogP contribution in [0.3, 0.4) is 0 Å². The lowest BCUT2D eigenvalue weighted by Crippen LogP contribution is -2.05. The Hall–Kier alpha value is -3.72. The van der Waals surface area contributed by atoms with Crippen molar-refractivity contribution in [3.8, 4) is 22.6 Å². The second-order valence-corrected chi connectivity index (χ2v) is 7.20. The number of anilines is 1. The van der Waals surface area contributed by atoms with Gasteiger partial charge in [0.05, 0.1) is 30.7 Å². The van der Waals surface area contributed by atoms with Crippen LogP contribution in [0.25, 0.3) is 22.6 Å². The first-order valence-electron chi connectivity index (χ1n) is 9.70. The minimum absolute atomic E-state index is 0.00995. The van der Waals surface area contributed by atoms with E-state index in [2.05, 4.69) is 25.3 Å². The van der Waals surface area contributed by atoms with Gasteiger partial charge in [0.2, 0.25) is 5.95 Å². The van der Waals surface area contributed by atoms with E-state index in [1.165, 1.54) is 0 Å². The van der Waals surface area contributed by atoms with Crippen LogP contribution in [0.15, 0.2) is 42.6 Å². The second kappa shape index (κ2) is 8.57. The fourth-order valence-corrected chi connectivity index (χ4v) is 3.32. The molecule has 0 amide bonds. The first-order valence-corrected chi connectivity index (χ1v) is 9.70. The Morgan fingerprint density at radius 1 is 1.00 bits per heavy atom. The molecule has 4 aromatic rings. The fourth-order valence-electron chi connectivity index (χ4n) is 3.32. The molecular formula is C22H22FN7O. The zero-order valence-corrected chi connectivity index (χ0v) is 17.5. The third kappa shape index (κ3) is 4.26. The zero-order chi connectivity index (χ0) is 22.0. The largest absolute Gasteiger partial charge is 0.378 e. The van der Waals surface area contributed by atoms with Gasteiger partial charge in [0, 0.05) is 12.7 Å². The third-order valence-corrected chi connectivity index (χ3v) is 4.99. The van der Waals surface area contributed by atoms with Crippen molar-refractivity contribution < 1.29 is 9.13 Å². The molecule has 9 heteroatoms. The molecule has 0 aliphatic rings. The number of aryl methyl sites for hydroxylation is 1. The van der Waals surface area contributed by atoms with Crippen molar-refractivity contribution in [3.63, 3.8) is 0 Å². The smallest absolute Gasteiger partial charge is 0.221 e. The number of nitrogens with two attached hydrogens (primary N) is 1. The van der Waals surface area contributed by atoms with Crippen molar-refractivity contribution in [2.24, 2.45) is 0 Å². The molecule has 0 spiro atoms. The Balaban J connectivity index is 1.68. The van der Waals surface area contributed by atoms with E-state index in [1.807, 2.05) is 50.2 Å². The monoisotopic (exact) mass is 419 g/mol. The zero-order valence-electron chi connectivity index (χ0n) is 17.5. The molecule has 0 radical (unpaired) electrons. The summed E-state index contributed by atoms with van der Waals surface area (Å²) in [6.45, 7) is 4.67. The van der Waals surface area contributed by atoms with Gasteiger partial charge in [0.15, 0.2) is 5.82 Å². The highest BCUT2D eigenvalue weighted by atomic mass is 19.1. The maximum atomic E-state index is 15.4. The van der Waals surface area contributed by atoms with Crippen molar-refractivity contribution in [3.05, 3.63) is 70.9 Å². The lowest BCUT2D eigenvalue weighted by molar-refractivity contribution is 0.181. The van der Waals surface area contributed by atoms with E-state index in [1.54, 1.807) is 18.0 Å². The van der Waals surface area contributed by atoms with Gasteiger partial charge in [-0.3, -0.25) is 4.98 Å². The van der Waals surface area contributed by atoms with Gasteiger partial charge in [-0.15, -0.1) is 5.10 Å².